The molecule has 0 aliphatic carbocycles. The van der Waals surface area contributed by atoms with Crippen LogP contribution in [0, 0.1) is 5.92 Å². The normalized spacial score (nSPS) is 12.1. The fraction of sp³-hybridized carbons (Fsp3) is 0.500. The number of hydrogen-bond donors (Lipinski definition) is 1. The number of benzene rings is 1. The van der Waals surface area contributed by atoms with E-state index in [4.69, 9.17) is 16.3 Å². The SMILES string of the molecule is CNCC(C)C(=O)N(C)Cc1cc(Cl)ccc1OC. The molecule has 0 spiro atoms. The predicted octanol–water partition coefficient (Wildman–Crippen LogP) is 2.16. The standard InChI is InChI=1S/C14H21ClN2O2/c1-10(8-16-2)14(18)17(3)9-11-7-12(15)5-6-13(11)19-4/h5-7,10,16H,8-9H2,1-4H3. The van der Waals surface area contributed by atoms with E-state index in [0.29, 0.717) is 18.1 Å². The molecule has 0 bridgehead atoms. The van der Waals surface area contributed by atoms with Crippen LogP contribution in [-0.4, -0.2) is 38.6 Å². The average molecular weight is 285 g/mol. The maximum atomic E-state index is 12.1. The Hall–Kier alpha value is -1.26. The van der Waals surface area contributed by atoms with E-state index in [2.05, 4.69) is 5.32 Å². The summed E-state index contributed by atoms with van der Waals surface area (Å²) >= 11 is 5.98. The van der Waals surface area contributed by atoms with Gasteiger partial charge >= 0.3 is 0 Å². The summed E-state index contributed by atoms with van der Waals surface area (Å²) in [6.07, 6.45) is 0. The van der Waals surface area contributed by atoms with Crippen LogP contribution >= 0.6 is 11.6 Å². The van der Waals surface area contributed by atoms with Gasteiger partial charge in [-0.2, -0.15) is 0 Å². The van der Waals surface area contributed by atoms with Crippen molar-refractivity contribution in [1.82, 2.24) is 10.2 Å². The molecule has 0 heterocycles. The number of nitrogens with zero attached hydrogens (tertiary/aromatic N) is 1. The van der Waals surface area contributed by atoms with Crippen LogP contribution in [0.3, 0.4) is 0 Å². The van der Waals surface area contributed by atoms with Crippen molar-refractivity contribution in [3.05, 3.63) is 28.8 Å². The lowest BCUT2D eigenvalue weighted by molar-refractivity contribution is -0.134. The van der Waals surface area contributed by atoms with Gasteiger partial charge in [0.1, 0.15) is 5.75 Å². The summed E-state index contributed by atoms with van der Waals surface area (Å²) in [6, 6.07) is 5.41. The molecule has 0 radical (unpaired) electrons. The summed E-state index contributed by atoms with van der Waals surface area (Å²) < 4.78 is 5.28. The van der Waals surface area contributed by atoms with Crippen molar-refractivity contribution in [2.24, 2.45) is 5.92 Å². The van der Waals surface area contributed by atoms with E-state index in [1.165, 1.54) is 0 Å². The molecule has 4 nitrogen and oxygen atoms in total. The lowest BCUT2D eigenvalue weighted by Crippen LogP contribution is -2.35. The molecule has 0 saturated heterocycles. The number of methoxy groups -OCH3 is 1. The smallest absolute Gasteiger partial charge is 0.226 e. The second-order valence-electron chi connectivity index (χ2n) is 4.61. The Bertz CT molecular complexity index is 437. The molecule has 0 fully saturated rings. The topological polar surface area (TPSA) is 41.6 Å². The van der Waals surface area contributed by atoms with Crippen molar-refractivity contribution in [3.63, 3.8) is 0 Å². The first kappa shape index (κ1) is 15.8. The summed E-state index contributed by atoms with van der Waals surface area (Å²) in [6.45, 7) is 3.05. The molecule has 0 aromatic heterocycles. The van der Waals surface area contributed by atoms with Crippen LogP contribution in [0.1, 0.15) is 12.5 Å². The summed E-state index contributed by atoms with van der Waals surface area (Å²) in [5.74, 6) is 0.780. The fourth-order valence-electron chi connectivity index (χ4n) is 1.97. The maximum absolute atomic E-state index is 12.1. The minimum absolute atomic E-state index is 0.0554. The second-order valence-corrected chi connectivity index (χ2v) is 5.05. The fourth-order valence-corrected chi connectivity index (χ4v) is 2.17. The van der Waals surface area contributed by atoms with Gasteiger partial charge in [-0.25, -0.2) is 0 Å². The third kappa shape index (κ3) is 4.40. The highest BCUT2D eigenvalue weighted by Gasteiger charge is 2.18. The number of halogens is 1. The van der Waals surface area contributed by atoms with Gasteiger partial charge in [-0.3, -0.25) is 4.79 Å². The van der Waals surface area contributed by atoms with E-state index in [-0.39, 0.29) is 11.8 Å². The number of hydrogen-bond acceptors (Lipinski definition) is 3. The van der Waals surface area contributed by atoms with Gasteiger partial charge in [0.2, 0.25) is 5.91 Å². The molecule has 106 valence electrons. The highest BCUT2D eigenvalue weighted by molar-refractivity contribution is 6.30. The largest absolute Gasteiger partial charge is 0.496 e. The van der Waals surface area contributed by atoms with Crippen molar-refractivity contribution in [3.8, 4) is 5.75 Å². The molecule has 5 heteroatoms. The Kier molecular flexibility index (Phi) is 6.12. The van der Waals surface area contributed by atoms with Gasteiger partial charge in [-0.1, -0.05) is 18.5 Å². The van der Waals surface area contributed by atoms with E-state index in [1.807, 2.05) is 26.1 Å². The number of rotatable bonds is 6. The van der Waals surface area contributed by atoms with E-state index >= 15 is 0 Å². The van der Waals surface area contributed by atoms with Gasteiger partial charge in [0.05, 0.1) is 7.11 Å². The molecular weight excluding hydrogens is 264 g/mol. The van der Waals surface area contributed by atoms with Gasteiger partial charge in [0, 0.05) is 36.6 Å². The summed E-state index contributed by atoms with van der Waals surface area (Å²) in [7, 11) is 5.23. The Morgan fingerprint density at radius 2 is 2.21 bits per heavy atom. The quantitative estimate of drug-likeness (QED) is 0.870. The summed E-state index contributed by atoms with van der Waals surface area (Å²) in [4.78, 5) is 13.8. The Morgan fingerprint density at radius 3 is 2.79 bits per heavy atom. The van der Waals surface area contributed by atoms with Crippen LogP contribution < -0.4 is 10.1 Å². The van der Waals surface area contributed by atoms with Crippen LogP contribution in [0.5, 0.6) is 5.75 Å². The molecule has 1 unspecified atom stereocenters. The Morgan fingerprint density at radius 1 is 1.53 bits per heavy atom. The molecule has 1 atom stereocenters. The van der Waals surface area contributed by atoms with Crippen molar-refractivity contribution >= 4 is 17.5 Å². The highest BCUT2D eigenvalue weighted by Crippen LogP contribution is 2.24. The zero-order chi connectivity index (χ0) is 14.4. The van der Waals surface area contributed by atoms with Crippen molar-refractivity contribution in [1.29, 1.82) is 0 Å². The van der Waals surface area contributed by atoms with Crippen molar-refractivity contribution in [2.45, 2.75) is 13.5 Å². The van der Waals surface area contributed by atoms with Crippen molar-refractivity contribution in [2.75, 3.05) is 27.7 Å². The van der Waals surface area contributed by atoms with Gasteiger partial charge in [0.25, 0.3) is 0 Å². The van der Waals surface area contributed by atoms with Crippen LogP contribution in [0.2, 0.25) is 5.02 Å². The van der Waals surface area contributed by atoms with Gasteiger partial charge in [-0.15, -0.1) is 0 Å². The molecule has 1 aromatic carbocycles. The molecule has 0 aliphatic heterocycles. The van der Waals surface area contributed by atoms with E-state index in [0.717, 1.165) is 11.3 Å². The Labute approximate surface area is 119 Å². The summed E-state index contributed by atoms with van der Waals surface area (Å²) in [5, 5.41) is 3.64. The zero-order valence-electron chi connectivity index (χ0n) is 11.9. The molecule has 19 heavy (non-hydrogen) atoms. The first-order valence-electron chi connectivity index (χ1n) is 6.21. The molecule has 1 N–H and O–H groups in total. The van der Waals surface area contributed by atoms with Gasteiger partial charge in [-0.05, 0) is 25.2 Å². The van der Waals surface area contributed by atoms with Crippen LogP contribution in [0.4, 0.5) is 0 Å². The first-order valence-corrected chi connectivity index (χ1v) is 6.59. The number of nitrogens with one attached hydrogen (secondary N) is 1. The lowest BCUT2D eigenvalue weighted by Gasteiger charge is -2.22. The molecular formula is C14H21ClN2O2. The van der Waals surface area contributed by atoms with E-state index in [9.17, 15) is 4.79 Å². The third-order valence-corrected chi connectivity index (χ3v) is 3.19. The molecule has 1 amide bonds. The van der Waals surface area contributed by atoms with Gasteiger partial charge in [0.15, 0.2) is 0 Å². The number of amides is 1. The first-order chi connectivity index (χ1) is 8.99. The number of carbonyl (C=O) groups excluding carboxylic acids is 1. The molecule has 0 saturated carbocycles. The molecule has 1 rings (SSSR count). The zero-order valence-corrected chi connectivity index (χ0v) is 12.6. The highest BCUT2D eigenvalue weighted by atomic mass is 35.5. The minimum atomic E-state index is -0.0554. The summed E-state index contributed by atoms with van der Waals surface area (Å²) in [5.41, 5.74) is 0.905. The average Bonchev–Trinajstić information content (AvgIpc) is 2.38. The van der Waals surface area contributed by atoms with Crippen molar-refractivity contribution < 1.29 is 9.53 Å². The number of carbonyl (C=O) groups is 1. The minimum Gasteiger partial charge on any atom is -0.496 e. The molecule has 1 aromatic rings. The predicted molar refractivity (Wildman–Crippen MR) is 77.6 cm³/mol. The van der Waals surface area contributed by atoms with Crippen LogP contribution in [-0.2, 0) is 11.3 Å². The number of ether oxygens (including phenoxy) is 1. The Balaban J connectivity index is 2.78. The maximum Gasteiger partial charge on any atom is 0.226 e. The van der Waals surface area contributed by atoms with Gasteiger partial charge < -0.3 is 15.0 Å². The van der Waals surface area contributed by atoms with E-state index < -0.39 is 0 Å². The van der Waals surface area contributed by atoms with E-state index in [1.54, 1.807) is 25.1 Å². The second kappa shape index (κ2) is 7.36. The monoisotopic (exact) mass is 284 g/mol. The molecule has 0 aliphatic rings. The lowest BCUT2D eigenvalue weighted by atomic mass is 10.1. The third-order valence-electron chi connectivity index (χ3n) is 2.96. The van der Waals surface area contributed by atoms with Crippen LogP contribution in [0.15, 0.2) is 18.2 Å². The van der Waals surface area contributed by atoms with Crippen LogP contribution in [0.25, 0.3) is 0 Å².